The first kappa shape index (κ1) is 24.0. The van der Waals surface area contributed by atoms with Crippen molar-refractivity contribution < 1.29 is 9.59 Å². The van der Waals surface area contributed by atoms with E-state index in [4.69, 9.17) is 0 Å². The van der Waals surface area contributed by atoms with Crippen LogP contribution in [-0.2, 0) is 22.6 Å². The lowest BCUT2D eigenvalue weighted by atomic mass is 10.0. The van der Waals surface area contributed by atoms with Crippen molar-refractivity contribution in [3.63, 3.8) is 0 Å². The maximum atomic E-state index is 13.2. The van der Waals surface area contributed by atoms with Crippen LogP contribution in [0.1, 0.15) is 50.3 Å². The molecule has 7 heteroatoms. The monoisotopic (exact) mass is 461 g/mol. The number of likely N-dealkylation sites (tertiary alicyclic amines) is 2. The lowest BCUT2D eigenvalue weighted by molar-refractivity contribution is -0.143. The van der Waals surface area contributed by atoms with E-state index >= 15 is 0 Å². The van der Waals surface area contributed by atoms with Crippen LogP contribution >= 0.6 is 0 Å². The predicted octanol–water partition coefficient (Wildman–Crippen LogP) is 3.22. The van der Waals surface area contributed by atoms with E-state index < -0.39 is 0 Å². The van der Waals surface area contributed by atoms with Crippen molar-refractivity contribution in [1.82, 2.24) is 19.7 Å². The Morgan fingerprint density at radius 3 is 2.85 bits per heavy atom. The molecular weight excluding hydrogens is 426 g/mol. The van der Waals surface area contributed by atoms with Gasteiger partial charge < -0.3 is 19.7 Å². The van der Waals surface area contributed by atoms with E-state index in [9.17, 15) is 14.9 Å². The Morgan fingerprint density at radius 2 is 2.09 bits per heavy atom. The van der Waals surface area contributed by atoms with E-state index in [1.54, 1.807) is 11.0 Å². The molecule has 2 atom stereocenters. The topological polar surface area (TPSA) is 81.4 Å². The summed E-state index contributed by atoms with van der Waals surface area (Å²) in [6.45, 7) is 8.87. The zero-order valence-electron chi connectivity index (χ0n) is 20.1. The van der Waals surface area contributed by atoms with Crippen molar-refractivity contribution in [2.75, 3.05) is 26.2 Å². The normalized spacial score (nSPS) is 20.6. The minimum atomic E-state index is -0.216. The smallest absolute Gasteiger partial charge is 0.242 e. The van der Waals surface area contributed by atoms with Crippen LogP contribution in [0.5, 0.6) is 0 Å². The highest BCUT2D eigenvalue weighted by Gasteiger charge is 2.33. The standard InChI is InChI=1S/C27H35N5O2/c1-3-13-29-24-8-6-14-30(27(24)34)19-26(33)32-15-5-7-22(32)11-12-23-17-21-10-9-20(18-28)16-25(21)31(23)4-2/h3,9-10,16-17,22,24,29H,1,4-8,11-15,19H2,2H3/t22-,24-/m0/s1. The molecule has 3 heterocycles. The van der Waals surface area contributed by atoms with Gasteiger partial charge in [-0.3, -0.25) is 9.59 Å². The van der Waals surface area contributed by atoms with Crippen molar-refractivity contribution in [1.29, 1.82) is 5.26 Å². The summed E-state index contributed by atoms with van der Waals surface area (Å²) in [6.07, 6.45) is 7.29. The molecule has 0 unspecified atom stereocenters. The number of nitriles is 1. The van der Waals surface area contributed by atoms with Gasteiger partial charge in [0.1, 0.15) is 0 Å². The first-order valence-electron chi connectivity index (χ1n) is 12.5. The Kier molecular flexibility index (Phi) is 7.69. The Labute approximate surface area is 202 Å². The number of fused-ring (bicyclic) bond motifs is 1. The summed E-state index contributed by atoms with van der Waals surface area (Å²) in [6, 6.07) is 10.3. The van der Waals surface area contributed by atoms with Crippen LogP contribution in [0.25, 0.3) is 10.9 Å². The summed E-state index contributed by atoms with van der Waals surface area (Å²) in [5, 5.41) is 13.6. The molecule has 2 aromatic rings. The molecule has 2 amide bonds. The fourth-order valence-electron chi connectivity index (χ4n) is 5.51. The third-order valence-corrected chi connectivity index (χ3v) is 7.23. The Morgan fingerprint density at radius 1 is 1.26 bits per heavy atom. The average Bonchev–Trinajstić information content (AvgIpc) is 3.46. The molecule has 1 aromatic heterocycles. The summed E-state index contributed by atoms with van der Waals surface area (Å²) in [4.78, 5) is 29.7. The molecule has 34 heavy (non-hydrogen) atoms. The van der Waals surface area contributed by atoms with Gasteiger partial charge in [-0.05, 0) is 69.0 Å². The number of nitrogens with one attached hydrogen (secondary N) is 1. The number of piperidine rings is 1. The van der Waals surface area contributed by atoms with E-state index in [-0.39, 0.29) is 30.4 Å². The van der Waals surface area contributed by atoms with E-state index in [1.165, 1.54) is 5.69 Å². The molecule has 180 valence electrons. The molecule has 0 spiro atoms. The summed E-state index contributed by atoms with van der Waals surface area (Å²) < 4.78 is 2.28. The van der Waals surface area contributed by atoms with Gasteiger partial charge in [0.2, 0.25) is 11.8 Å². The molecule has 1 aromatic carbocycles. The van der Waals surface area contributed by atoms with E-state index in [1.807, 2.05) is 23.1 Å². The number of amides is 2. The highest BCUT2D eigenvalue weighted by Crippen LogP contribution is 2.26. The first-order chi connectivity index (χ1) is 16.5. The van der Waals surface area contributed by atoms with Crippen molar-refractivity contribution in [2.45, 2.75) is 64.1 Å². The lowest BCUT2D eigenvalue weighted by Crippen LogP contribution is -2.54. The summed E-state index contributed by atoms with van der Waals surface area (Å²) in [5.74, 6) is 0.0938. The largest absolute Gasteiger partial charge is 0.345 e. The van der Waals surface area contributed by atoms with Gasteiger partial charge in [0.05, 0.1) is 24.2 Å². The van der Waals surface area contributed by atoms with E-state index in [0.29, 0.717) is 18.7 Å². The minimum absolute atomic E-state index is 0.0291. The molecule has 0 aliphatic carbocycles. The maximum absolute atomic E-state index is 13.2. The zero-order chi connectivity index (χ0) is 24.1. The number of hydrogen-bond donors (Lipinski definition) is 1. The number of nitrogens with zero attached hydrogens (tertiary/aromatic N) is 4. The fraction of sp³-hybridized carbons (Fsp3) is 0.519. The van der Waals surface area contributed by atoms with Gasteiger partial charge in [0.15, 0.2) is 0 Å². The minimum Gasteiger partial charge on any atom is -0.345 e. The third-order valence-electron chi connectivity index (χ3n) is 7.23. The van der Waals surface area contributed by atoms with Crippen molar-refractivity contribution in [2.24, 2.45) is 0 Å². The predicted molar refractivity (Wildman–Crippen MR) is 133 cm³/mol. The number of aryl methyl sites for hydroxylation is 2. The number of aromatic nitrogens is 1. The van der Waals surface area contributed by atoms with E-state index in [0.717, 1.165) is 62.5 Å². The maximum Gasteiger partial charge on any atom is 0.242 e. The molecule has 2 aliphatic heterocycles. The van der Waals surface area contributed by atoms with Crippen LogP contribution in [0.2, 0.25) is 0 Å². The third kappa shape index (κ3) is 5.02. The Bertz CT molecular complexity index is 1100. The van der Waals surface area contributed by atoms with Gasteiger partial charge in [-0.15, -0.1) is 6.58 Å². The van der Waals surface area contributed by atoms with Gasteiger partial charge in [-0.1, -0.05) is 12.1 Å². The molecular formula is C27H35N5O2. The van der Waals surface area contributed by atoms with Gasteiger partial charge in [0.25, 0.3) is 0 Å². The lowest BCUT2D eigenvalue weighted by Gasteiger charge is -2.34. The summed E-state index contributed by atoms with van der Waals surface area (Å²) in [5.41, 5.74) is 3.02. The first-order valence-corrected chi connectivity index (χ1v) is 12.5. The molecule has 7 nitrogen and oxygen atoms in total. The van der Waals surface area contributed by atoms with Crippen molar-refractivity contribution in [3.05, 3.63) is 48.2 Å². The second kappa shape index (κ2) is 10.9. The molecule has 4 rings (SSSR count). The van der Waals surface area contributed by atoms with Crippen LogP contribution in [-0.4, -0.2) is 64.4 Å². The van der Waals surface area contributed by atoms with Crippen LogP contribution in [0.4, 0.5) is 0 Å². The molecule has 2 aliphatic rings. The molecule has 2 fully saturated rings. The number of hydrogen-bond acceptors (Lipinski definition) is 4. The van der Waals surface area contributed by atoms with Crippen LogP contribution in [0.3, 0.4) is 0 Å². The molecule has 2 saturated heterocycles. The number of rotatable bonds is 9. The second-order valence-electron chi connectivity index (χ2n) is 9.34. The highest BCUT2D eigenvalue weighted by molar-refractivity contribution is 5.88. The second-order valence-corrected chi connectivity index (χ2v) is 9.34. The molecule has 1 N–H and O–H groups in total. The van der Waals surface area contributed by atoms with Crippen LogP contribution in [0.15, 0.2) is 36.9 Å². The quantitative estimate of drug-likeness (QED) is 0.582. The summed E-state index contributed by atoms with van der Waals surface area (Å²) >= 11 is 0. The zero-order valence-corrected chi connectivity index (χ0v) is 20.1. The van der Waals surface area contributed by atoms with Crippen molar-refractivity contribution >= 4 is 22.7 Å². The van der Waals surface area contributed by atoms with Gasteiger partial charge in [0, 0.05) is 43.4 Å². The number of carbonyl (C=O) groups is 2. The van der Waals surface area contributed by atoms with Gasteiger partial charge in [-0.25, -0.2) is 0 Å². The van der Waals surface area contributed by atoms with Crippen molar-refractivity contribution in [3.8, 4) is 6.07 Å². The number of carbonyl (C=O) groups excluding carboxylic acids is 2. The Balaban J connectivity index is 1.39. The van der Waals surface area contributed by atoms with Crippen LogP contribution in [0, 0.1) is 11.3 Å². The van der Waals surface area contributed by atoms with Gasteiger partial charge >= 0.3 is 0 Å². The molecule has 0 bridgehead atoms. The van der Waals surface area contributed by atoms with Crippen LogP contribution < -0.4 is 5.32 Å². The summed E-state index contributed by atoms with van der Waals surface area (Å²) in [7, 11) is 0. The molecule has 0 saturated carbocycles. The Hall–Kier alpha value is -3.11. The van der Waals surface area contributed by atoms with E-state index in [2.05, 4.69) is 35.5 Å². The SMILES string of the molecule is C=CCN[C@H]1CCCN(CC(=O)N2CCC[C@H]2CCc2cc3ccc(C#N)cc3n2CC)C1=O. The highest BCUT2D eigenvalue weighted by atomic mass is 16.2. The average molecular weight is 462 g/mol. The fourth-order valence-corrected chi connectivity index (χ4v) is 5.51. The number of benzene rings is 1. The molecule has 0 radical (unpaired) electrons. The van der Waals surface area contributed by atoms with Gasteiger partial charge in [-0.2, -0.15) is 5.26 Å².